The van der Waals surface area contributed by atoms with Crippen LogP contribution < -0.4 is 10.6 Å². The highest BCUT2D eigenvalue weighted by atomic mass is 16.5. The molecule has 0 spiro atoms. The molecule has 3 aliphatic rings. The van der Waals surface area contributed by atoms with Crippen LogP contribution in [0.15, 0.2) is 18.2 Å². The zero-order chi connectivity index (χ0) is 19.7. The lowest BCUT2D eigenvalue weighted by atomic mass is 10.0. The molecule has 5 amide bonds. The van der Waals surface area contributed by atoms with E-state index in [4.69, 9.17) is 4.74 Å². The van der Waals surface area contributed by atoms with Gasteiger partial charge in [0.2, 0.25) is 11.8 Å². The van der Waals surface area contributed by atoms with Crippen molar-refractivity contribution in [1.82, 2.24) is 20.4 Å². The topological polar surface area (TPSA) is 108 Å². The van der Waals surface area contributed by atoms with Crippen LogP contribution in [0.5, 0.6) is 0 Å². The predicted molar refractivity (Wildman–Crippen MR) is 97.1 cm³/mol. The van der Waals surface area contributed by atoms with Gasteiger partial charge in [-0.25, -0.2) is 4.79 Å². The Hall–Kier alpha value is -2.94. The first kappa shape index (κ1) is 18.4. The molecule has 3 aliphatic heterocycles. The number of morpholine rings is 1. The van der Waals surface area contributed by atoms with Gasteiger partial charge in [-0.2, -0.15) is 0 Å². The van der Waals surface area contributed by atoms with Crippen LogP contribution >= 0.6 is 0 Å². The largest absolute Gasteiger partial charge is 0.378 e. The number of carbonyl (C=O) groups is 4. The molecule has 2 fully saturated rings. The number of fused-ring (bicyclic) bond motifs is 1. The van der Waals surface area contributed by atoms with Gasteiger partial charge in [0.15, 0.2) is 0 Å². The van der Waals surface area contributed by atoms with E-state index in [0.29, 0.717) is 51.4 Å². The van der Waals surface area contributed by atoms with Crippen LogP contribution in [0.1, 0.15) is 34.3 Å². The average molecular weight is 386 g/mol. The molecule has 9 nitrogen and oxygen atoms in total. The molecule has 0 saturated carbocycles. The van der Waals surface area contributed by atoms with Gasteiger partial charge in [-0.05, 0) is 23.6 Å². The van der Waals surface area contributed by atoms with Crippen molar-refractivity contribution in [2.45, 2.75) is 32.0 Å². The van der Waals surface area contributed by atoms with E-state index in [1.807, 2.05) is 12.1 Å². The molecule has 28 heavy (non-hydrogen) atoms. The molecule has 9 heteroatoms. The summed E-state index contributed by atoms with van der Waals surface area (Å²) in [5, 5.41) is 5.18. The number of nitrogens with zero attached hydrogens (tertiary/aromatic N) is 2. The summed E-state index contributed by atoms with van der Waals surface area (Å²) in [6.07, 6.45) is 0.572. The highest BCUT2D eigenvalue weighted by Gasteiger charge is 2.39. The second-order valence-corrected chi connectivity index (χ2v) is 7.15. The number of urea groups is 1. The molecule has 2 saturated heterocycles. The maximum Gasteiger partial charge on any atom is 0.317 e. The minimum Gasteiger partial charge on any atom is -0.378 e. The van der Waals surface area contributed by atoms with Crippen LogP contribution in [0.2, 0.25) is 0 Å². The van der Waals surface area contributed by atoms with Crippen molar-refractivity contribution in [3.63, 3.8) is 0 Å². The fraction of sp³-hybridized carbons (Fsp3) is 0.474. The van der Waals surface area contributed by atoms with Crippen LogP contribution in [-0.4, -0.2) is 65.9 Å². The number of hydrogen-bond acceptors (Lipinski definition) is 5. The number of imide groups is 1. The number of ether oxygens (including phenoxy) is 1. The Bertz CT molecular complexity index is 834. The summed E-state index contributed by atoms with van der Waals surface area (Å²) >= 11 is 0. The molecule has 1 atom stereocenters. The summed E-state index contributed by atoms with van der Waals surface area (Å²) in [7, 11) is 0. The van der Waals surface area contributed by atoms with Crippen LogP contribution in [0.25, 0.3) is 0 Å². The van der Waals surface area contributed by atoms with Crippen LogP contribution in [0, 0.1) is 0 Å². The summed E-state index contributed by atoms with van der Waals surface area (Å²) in [5.41, 5.74) is 2.28. The van der Waals surface area contributed by atoms with Gasteiger partial charge in [0, 0.05) is 38.2 Å². The number of nitrogens with one attached hydrogen (secondary N) is 2. The molecule has 1 aromatic carbocycles. The number of benzene rings is 1. The molecule has 2 N–H and O–H groups in total. The SMILES string of the molecule is O=C1CCC(N2Cc3cc(CNC(=O)N4CCOCC4)ccc3C2=O)C(=O)N1. The first-order valence-corrected chi connectivity index (χ1v) is 9.40. The van der Waals surface area contributed by atoms with Crippen molar-refractivity contribution < 1.29 is 23.9 Å². The highest BCUT2D eigenvalue weighted by molar-refractivity contribution is 6.05. The van der Waals surface area contributed by atoms with Crippen LogP contribution in [0.3, 0.4) is 0 Å². The number of hydrogen-bond donors (Lipinski definition) is 2. The maximum atomic E-state index is 12.7. The van der Waals surface area contributed by atoms with E-state index in [0.717, 1.165) is 11.1 Å². The second-order valence-electron chi connectivity index (χ2n) is 7.15. The third-order valence-corrected chi connectivity index (χ3v) is 5.33. The number of carbonyl (C=O) groups excluding carboxylic acids is 4. The zero-order valence-corrected chi connectivity index (χ0v) is 15.4. The van der Waals surface area contributed by atoms with Crippen LogP contribution in [-0.2, 0) is 27.4 Å². The van der Waals surface area contributed by atoms with Gasteiger partial charge in [-0.3, -0.25) is 19.7 Å². The van der Waals surface area contributed by atoms with Gasteiger partial charge in [0.05, 0.1) is 13.2 Å². The van der Waals surface area contributed by atoms with Crippen LogP contribution in [0.4, 0.5) is 4.79 Å². The Morgan fingerprint density at radius 3 is 2.75 bits per heavy atom. The fourth-order valence-electron chi connectivity index (χ4n) is 3.79. The molecule has 1 aromatic rings. The Labute approximate surface area is 162 Å². The molecular weight excluding hydrogens is 364 g/mol. The lowest BCUT2D eigenvalue weighted by Gasteiger charge is -2.29. The highest BCUT2D eigenvalue weighted by Crippen LogP contribution is 2.28. The molecule has 0 radical (unpaired) electrons. The van der Waals surface area contributed by atoms with Crippen molar-refractivity contribution >= 4 is 23.8 Å². The van der Waals surface area contributed by atoms with Gasteiger partial charge in [0.1, 0.15) is 6.04 Å². The lowest BCUT2D eigenvalue weighted by molar-refractivity contribution is -0.136. The molecule has 148 valence electrons. The molecule has 4 rings (SSSR count). The Balaban J connectivity index is 1.40. The van der Waals surface area contributed by atoms with Gasteiger partial charge >= 0.3 is 6.03 Å². The van der Waals surface area contributed by atoms with E-state index in [1.54, 1.807) is 11.0 Å². The zero-order valence-electron chi connectivity index (χ0n) is 15.4. The van der Waals surface area contributed by atoms with Crippen molar-refractivity contribution in [1.29, 1.82) is 0 Å². The monoisotopic (exact) mass is 386 g/mol. The number of amides is 5. The van der Waals surface area contributed by atoms with Crippen molar-refractivity contribution in [2.75, 3.05) is 26.3 Å². The predicted octanol–water partition coefficient (Wildman–Crippen LogP) is -0.0106. The van der Waals surface area contributed by atoms with E-state index < -0.39 is 11.9 Å². The second kappa shape index (κ2) is 7.59. The van der Waals surface area contributed by atoms with E-state index in [1.165, 1.54) is 4.90 Å². The molecular formula is C19H22N4O5. The first-order valence-electron chi connectivity index (χ1n) is 9.40. The smallest absolute Gasteiger partial charge is 0.317 e. The minimum atomic E-state index is -0.623. The summed E-state index contributed by atoms with van der Waals surface area (Å²) in [4.78, 5) is 51.5. The lowest BCUT2D eigenvalue weighted by Crippen LogP contribution is -2.52. The van der Waals surface area contributed by atoms with E-state index in [9.17, 15) is 19.2 Å². The third kappa shape index (κ3) is 3.57. The normalized spacial score (nSPS) is 22.1. The number of piperidine rings is 1. The van der Waals surface area contributed by atoms with Gasteiger partial charge < -0.3 is 19.9 Å². The third-order valence-electron chi connectivity index (χ3n) is 5.33. The summed E-state index contributed by atoms with van der Waals surface area (Å²) < 4.78 is 5.24. The fourth-order valence-corrected chi connectivity index (χ4v) is 3.79. The summed E-state index contributed by atoms with van der Waals surface area (Å²) in [5.74, 6) is -0.924. The molecule has 0 aliphatic carbocycles. The summed E-state index contributed by atoms with van der Waals surface area (Å²) in [6, 6.07) is 4.68. The quantitative estimate of drug-likeness (QED) is 0.711. The Kier molecular flexibility index (Phi) is 4.99. The average Bonchev–Trinajstić information content (AvgIpc) is 3.02. The van der Waals surface area contributed by atoms with Crippen molar-refractivity contribution in [3.8, 4) is 0 Å². The Morgan fingerprint density at radius 1 is 1.21 bits per heavy atom. The van der Waals surface area contributed by atoms with E-state index in [2.05, 4.69) is 10.6 Å². The minimum absolute atomic E-state index is 0.134. The molecule has 0 bridgehead atoms. The number of rotatable bonds is 3. The van der Waals surface area contributed by atoms with E-state index >= 15 is 0 Å². The van der Waals surface area contributed by atoms with Gasteiger partial charge in [0.25, 0.3) is 5.91 Å². The maximum absolute atomic E-state index is 12.7. The summed E-state index contributed by atoms with van der Waals surface area (Å²) in [6.45, 7) is 2.92. The molecule has 1 unspecified atom stereocenters. The molecule has 3 heterocycles. The van der Waals surface area contributed by atoms with Gasteiger partial charge in [-0.15, -0.1) is 0 Å². The standard InChI is InChI=1S/C19H22N4O5/c24-16-4-3-15(17(25)21-16)23-11-13-9-12(1-2-14(13)18(23)26)10-20-19(27)22-5-7-28-8-6-22/h1-2,9,15H,3-8,10-11H2,(H,20,27)(H,21,24,25). The van der Waals surface area contributed by atoms with Crippen molar-refractivity contribution in [2.24, 2.45) is 0 Å². The van der Waals surface area contributed by atoms with Crippen molar-refractivity contribution in [3.05, 3.63) is 34.9 Å². The Morgan fingerprint density at radius 2 is 2.00 bits per heavy atom. The van der Waals surface area contributed by atoms with E-state index in [-0.39, 0.29) is 24.3 Å². The van der Waals surface area contributed by atoms with Gasteiger partial charge in [-0.1, -0.05) is 12.1 Å². The molecule has 0 aromatic heterocycles. The first-order chi connectivity index (χ1) is 13.5.